The number of amides is 2. The predicted octanol–water partition coefficient (Wildman–Crippen LogP) is 1.09. The van der Waals surface area contributed by atoms with Gasteiger partial charge in [0, 0.05) is 18.7 Å². The quantitative estimate of drug-likeness (QED) is 0.574. The van der Waals surface area contributed by atoms with Crippen molar-refractivity contribution in [3.05, 3.63) is 0 Å². The smallest absolute Gasteiger partial charge is 0.274 e. The summed E-state index contributed by atoms with van der Waals surface area (Å²) in [4.78, 5) is 23.1. The maximum Gasteiger partial charge on any atom is 0.288 e. The van der Waals surface area contributed by atoms with Gasteiger partial charge in [-0.1, -0.05) is 11.8 Å². The molecule has 1 rings (SSSR count). The summed E-state index contributed by atoms with van der Waals surface area (Å²) < 4.78 is 0. The molecule has 0 aromatic carbocycles. The second kappa shape index (κ2) is 3.05. The molecule has 0 N–H and O–H groups in total. The molecule has 0 aromatic rings. The van der Waals surface area contributed by atoms with E-state index in [0.29, 0.717) is 18.7 Å². The first-order valence-corrected chi connectivity index (χ1v) is 4.21. The molecule has 0 aromatic heterocycles. The van der Waals surface area contributed by atoms with E-state index in [2.05, 4.69) is 0 Å². The van der Waals surface area contributed by atoms with Crippen LogP contribution >= 0.6 is 11.8 Å². The fraction of sp³-hybridized carbons (Fsp3) is 0.667. The molecule has 1 saturated heterocycles. The van der Waals surface area contributed by atoms with Gasteiger partial charge in [0.25, 0.3) is 5.24 Å². The minimum Gasteiger partial charge on any atom is -0.274 e. The Morgan fingerprint density at radius 1 is 1.60 bits per heavy atom. The van der Waals surface area contributed by atoms with Crippen molar-refractivity contribution in [2.75, 3.05) is 12.3 Å². The minimum atomic E-state index is -0.0984. The fourth-order valence-corrected chi connectivity index (χ4v) is 1.68. The van der Waals surface area contributed by atoms with Crippen LogP contribution in [0.25, 0.3) is 0 Å². The van der Waals surface area contributed by atoms with Crippen molar-refractivity contribution in [1.82, 2.24) is 4.90 Å². The Kier molecular flexibility index (Phi) is 2.32. The molecule has 1 aliphatic rings. The molecule has 0 bridgehead atoms. The summed E-state index contributed by atoms with van der Waals surface area (Å²) in [5, 5.41) is -0.0984. The van der Waals surface area contributed by atoms with Gasteiger partial charge in [-0.3, -0.25) is 14.5 Å². The summed E-state index contributed by atoms with van der Waals surface area (Å²) in [6, 6.07) is 0. The van der Waals surface area contributed by atoms with Crippen LogP contribution in [0.5, 0.6) is 0 Å². The molecule has 3 nitrogen and oxygen atoms in total. The number of thioether (sulfide) groups is 1. The highest BCUT2D eigenvalue weighted by molar-refractivity contribution is 8.13. The van der Waals surface area contributed by atoms with E-state index in [1.54, 1.807) is 0 Å². The first-order valence-electron chi connectivity index (χ1n) is 3.23. The lowest BCUT2D eigenvalue weighted by Crippen LogP contribution is -2.37. The lowest BCUT2D eigenvalue weighted by molar-refractivity contribution is -0.127. The monoisotopic (exact) mass is 159 g/mol. The molecule has 1 heterocycles. The Bertz CT molecular complexity index is 153. The van der Waals surface area contributed by atoms with Crippen molar-refractivity contribution in [3.63, 3.8) is 0 Å². The van der Waals surface area contributed by atoms with Crippen molar-refractivity contribution in [2.24, 2.45) is 0 Å². The number of hydrogen-bond donors (Lipinski definition) is 0. The molecule has 1 aliphatic heterocycles. The zero-order chi connectivity index (χ0) is 7.56. The van der Waals surface area contributed by atoms with E-state index < -0.39 is 0 Å². The summed E-state index contributed by atoms with van der Waals surface area (Å²) in [6.45, 7) is 2.31. The van der Waals surface area contributed by atoms with Crippen LogP contribution in [0.3, 0.4) is 0 Å². The largest absolute Gasteiger partial charge is 0.288 e. The molecule has 10 heavy (non-hydrogen) atoms. The van der Waals surface area contributed by atoms with Gasteiger partial charge >= 0.3 is 0 Å². The van der Waals surface area contributed by atoms with Gasteiger partial charge in [0.1, 0.15) is 0 Å². The molecule has 0 atom stereocenters. The van der Waals surface area contributed by atoms with E-state index >= 15 is 0 Å². The van der Waals surface area contributed by atoms with Crippen molar-refractivity contribution in [2.45, 2.75) is 13.3 Å². The SMILES string of the molecule is CCN1C(=O)CCSC1=O. The van der Waals surface area contributed by atoms with E-state index in [0.717, 1.165) is 0 Å². The second-order valence-electron chi connectivity index (χ2n) is 2.00. The lowest BCUT2D eigenvalue weighted by Gasteiger charge is -2.21. The van der Waals surface area contributed by atoms with Gasteiger partial charge in [-0.2, -0.15) is 0 Å². The second-order valence-corrected chi connectivity index (χ2v) is 3.05. The Hall–Kier alpha value is -0.510. The molecule has 0 unspecified atom stereocenters. The third kappa shape index (κ3) is 1.31. The van der Waals surface area contributed by atoms with Gasteiger partial charge in [-0.25, -0.2) is 0 Å². The van der Waals surface area contributed by atoms with E-state index in [-0.39, 0.29) is 11.1 Å². The first-order chi connectivity index (χ1) is 4.75. The summed E-state index contributed by atoms with van der Waals surface area (Å²) in [5.41, 5.74) is 0. The Morgan fingerprint density at radius 3 is 2.70 bits per heavy atom. The van der Waals surface area contributed by atoms with Crippen LogP contribution in [0.2, 0.25) is 0 Å². The van der Waals surface area contributed by atoms with Crippen molar-refractivity contribution < 1.29 is 9.59 Å². The normalized spacial score (nSPS) is 19.9. The van der Waals surface area contributed by atoms with E-state index in [1.165, 1.54) is 16.7 Å². The molecule has 4 heteroatoms. The topological polar surface area (TPSA) is 37.4 Å². The number of carbonyl (C=O) groups is 2. The third-order valence-electron chi connectivity index (χ3n) is 1.38. The maximum atomic E-state index is 10.9. The highest BCUT2D eigenvalue weighted by Crippen LogP contribution is 2.17. The third-order valence-corrected chi connectivity index (χ3v) is 2.25. The van der Waals surface area contributed by atoms with Gasteiger partial charge in [0.15, 0.2) is 0 Å². The number of nitrogens with zero attached hydrogens (tertiary/aromatic N) is 1. The van der Waals surface area contributed by atoms with Crippen LogP contribution in [0, 0.1) is 0 Å². The summed E-state index contributed by atoms with van der Waals surface area (Å²) in [5.74, 6) is 0.611. The number of imide groups is 1. The first kappa shape index (κ1) is 7.60. The van der Waals surface area contributed by atoms with Crippen molar-refractivity contribution in [3.8, 4) is 0 Å². The van der Waals surface area contributed by atoms with E-state index in [9.17, 15) is 9.59 Å². The van der Waals surface area contributed by atoms with Crippen molar-refractivity contribution in [1.29, 1.82) is 0 Å². The highest BCUT2D eigenvalue weighted by atomic mass is 32.2. The Morgan fingerprint density at radius 2 is 2.30 bits per heavy atom. The number of rotatable bonds is 1. The zero-order valence-electron chi connectivity index (χ0n) is 5.79. The lowest BCUT2D eigenvalue weighted by atomic mass is 10.4. The van der Waals surface area contributed by atoms with Crippen LogP contribution in [0.1, 0.15) is 13.3 Å². The van der Waals surface area contributed by atoms with E-state index in [4.69, 9.17) is 0 Å². The van der Waals surface area contributed by atoms with Crippen LogP contribution in [-0.2, 0) is 4.79 Å². The van der Waals surface area contributed by atoms with Crippen molar-refractivity contribution >= 4 is 22.9 Å². The predicted molar refractivity (Wildman–Crippen MR) is 39.9 cm³/mol. The van der Waals surface area contributed by atoms with Gasteiger partial charge in [0.05, 0.1) is 0 Å². The molecule has 0 spiro atoms. The molecule has 2 amide bonds. The molecule has 0 saturated carbocycles. The molecular weight excluding hydrogens is 150 g/mol. The van der Waals surface area contributed by atoms with Crippen LogP contribution in [0.15, 0.2) is 0 Å². The van der Waals surface area contributed by atoms with Gasteiger partial charge < -0.3 is 0 Å². The highest BCUT2D eigenvalue weighted by Gasteiger charge is 2.24. The molecular formula is C6H9NO2S. The van der Waals surface area contributed by atoms with Gasteiger partial charge in [-0.05, 0) is 6.92 Å². The fourth-order valence-electron chi connectivity index (χ4n) is 0.846. The maximum absolute atomic E-state index is 10.9. The van der Waals surface area contributed by atoms with Gasteiger partial charge in [-0.15, -0.1) is 0 Å². The average molecular weight is 159 g/mol. The summed E-state index contributed by atoms with van der Waals surface area (Å²) >= 11 is 1.22. The number of hydrogen-bond acceptors (Lipinski definition) is 3. The summed E-state index contributed by atoms with van der Waals surface area (Å²) in [7, 11) is 0. The standard InChI is InChI=1S/C6H9NO2S/c1-2-7-5(8)3-4-10-6(7)9/h2-4H2,1H3. The molecule has 0 radical (unpaired) electrons. The zero-order valence-corrected chi connectivity index (χ0v) is 6.61. The summed E-state index contributed by atoms with van der Waals surface area (Å²) in [6.07, 6.45) is 0.504. The average Bonchev–Trinajstić information content (AvgIpc) is 1.88. The van der Waals surface area contributed by atoms with Gasteiger partial charge in [0.2, 0.25) is 5.91 Å². The van der Waals surface area contributed by atoms with Crippen LogP contribution in [0.4, 0.5) is 4.79 Å². The number of carbonyl (C=O) groups excluding carboxylic acids is 2. The van der Waals surface area contributed by atoms with Crippen LogP contribution < -0.4 is 0 Å². The Balaban J connectivity index is 2.62. The molecule has 0 aliphatic carbocycles. The minimum absolute atomic E-state index is 0.0359. The molecule has 56 valence electrons. The molecule has 1 fully saturated rings. The van der Waals surface area contributed by atoms with Crippen LogP contribution in [-0.4, -0.2) is 28.3 Å². The Labute approximate surface area is 63.8 Å². The van der Waals surface area contributed by atoms with E-state index in [1.807, 2.05) is 6.92 Å².